The van der Waals surface area contributed by atoms with Crippen LogP contribution in [0.3, 0.4) is 0 Å². The van der Waals surface area contributed by atoms with Crippen LogP contribution in [-0.4, -0.2) is 174 Å². The molecule has 2 spiro atoms. The molecule has 4 aromatic carbocycles. The number of amides is 4. The molecule has 540 valence electrons. The van der Waals surface area contributed by atoms with Crippen molar-refractivity contribution in [3.05, 3.63) is 141 Å². The molecule has 2 saturated heterocycles. The normalized spacial score (nSPS) is 33.2. The minimum absolute atomic E-state index is 0.0507. The third kappa shape index (κ3) is 14.8. The molecule has 6 aliphatic heterocycles. The molecule has 0 aromatic heterocycles. The predicted molar refractivity (Wildman–Crippen MR) is 384 cm³/mol. The third-order valence-corrected chi connectivity index (χ3v) is 28.4. The molecule has 12 atom stereocenters. The maximum atomic E-state index is 13.6. The number of benzene rings is 4. The number of aliphatic hydroxyl groups is 2. The summed E-state index contributed by atoms with van der Waals surface area (Å²) in [6.45, 7) is 13.9. The number of carbonyl (C=O) groups excluding carboxylic acids is 4. The van der Waals surface area contributed by atoms with Gasteiger partial charge in [-0.3, -0.25) is 19.2 Å². The zero-order valence-electron chi connectivity index (χ0n) is 57.8. The van der Waals surface area contributed by atoms with E-state index < -0.39 is 53.6 Å². The molecule has 20 nitrogen and oxygen atoms in total. The van der Waals surface area contributed by atoms with Gasteiger partial charge in [0.2, 0.25) is 31.9 Å². The van der Waals surface area contributed by atoms with Gasteiger partial charge < -0.3 is 48.8 Å². The van der Waals surface area contributed by atoms with Gasteiger partial charge in [0, 0.05) is 84.4 Å². The molecule has 4 aliphatic carbocycles. The van der Waals surface area contributed by atoms with Gasteiger partial charge in [0.1, 0.15) is 11.5 Å². The fourth-order valence-electron chi connectivity index (χ4n) is 17.5. The Morgan fingerprint density at radius 3 is 1.34 bits per heavy atom. The van der Waals surface area contributed by atoms with Gasteiger partial charge in [0.25, 0.3) is 11.8 Å². The van der Waals surface area contributed by atoms with E-state index in [9.17, 15) is 46.2 Å². The topological polar surface area (TPSA) is 251 Å². The van der Waals surface area contributed by atoms with Crippen LogP contribution in [-0.2, 0) is 62.8 Å². The number of aryl methyl sites for hydroxylation is 2. The van der Waals surface area contributed by atoms with Gasteiger partial charge in [0.05, 0.1) is 85.6 Å². The smallest absolute Gasteiger partial charge is 0.264 e. The molecular weight excluding hydrogens is 1360 g/mol. The number of rotatable bonds is 4. The van der Waals surface area contributed by atoms with Gasteiger partial charge in [-0.1, -0.05) is 73.5 Å². The quantitative estimate of drug-likeness (QED) is 0.139. The van der Waals surface area contributed by atoms with E-state index in [1.807, 2.05) is 38.1 Å². The minimum atomic E-state index is -4.03. The Hall–Kier alpha value is -6.24. The van der Waals surface area contributed by atoms with Crippen molar-refractivity contribution in [2.24, 2.45) is 35.5 Å². The molecule has 4 N–H and O–H groups in total. The molecule has 2 saturated carbocycles. The van der Waals surface area contributed by atoms with E-state index >= 15 is 0 Å². The molecule has 0 unspecified atom stereocenters. The Morgan fingerprint density at radius 2 is 0.960 bits per heavy atom. The summed E-state index contributed by atoms with van der Waals surface area (Å²) < 4.78 is 82.6. The molecule has 4 aromatic rings. The summed E-state index contributed by atoms with van der Waals surface area (Å²) in [6, 6.07) is 22.5. The van der Waals surface area contributed by atoms with Crippen molar-refractivity contribution in [2.45, 2.75) is 150 Å². The second-order valence-electron chi connectivity index (χ2n) is 30.4. The molecular formula is C76H96Cl2N6O14S2. The number of hydrogen-bond donors (Lipinski definition) is 4. The van der Waals surface area contributed by atoms with Crippen molar-refractivity contribution >= 4 is 78.3 Å². The number of halogens is 2. The van der Waals surface area contributed by atoms with E-state index in [4.69, 9.17) is 42.1 Å². The molecule has 4 fully saturated rings. The van der Waals surface area contributed by atoms with Gasteiger partial charge in [0.15, 0.2) is 0 Å². The first-order valence-electron chi connectivity index (χ1n) is 36.0. The highest BCUT2D eigenvalue weighted by atomic mass is 35.5. The molecule has 14 rings (SSSR count). The van der Waals surface area contributed by atoms with E-state index in [0.717, 1.165) is 75.6 Å². The highest BCUT2D eigenvalue weighted by molar-refractivity contribution is 7.91. The minimum Gasteiger partial charge on any atom is -0.490 e. The molecule has 10 aliphatic rings. The number of fused-ring (bicyclic) bond motifs is 8. The fourth-order valence-corrected chi connectivity index (χ4v) is 20.4. The first kappa shape index (κ1) is 72.1. The number of ether oxygens (including phenoxy) is 4. The summed E-state index contributed by atoms with van der Waals surface area (Å²) in [6.07, 6.45) is 16.7. The predicted octanol–water partition coefficient (Wildman–Crippen LogP) is 9.73. The lowest BCUT2D eigenvalue weighted by atomic mass is 9.63. The van der Waals surface area contributed by atoms with Crippen LogP contribution in [0.2, 0.25) is 10.0 Å². The highest BCUT2D eigenvalue weighted by Crippen LogP contribution is 2.52. The van der Waals surface area contributed by atoms with Crippen LogP contribution in [0.1, 0.15) is 148 Å². The number of morpholine rings is 2. The first-order valence-corrected chi connectivity index (χ1v) is 39.8. The SMILES string of the molecule is C[C@@H]1[C@@H](C)C/C=C/[C@@](O)(CC(=O)N2CCOCC2)[C@@H]2CC[C@H]2CN2C[C@@]3(CCCc4cc(Cl)ccc43)COc3ccc(cc32)C(=O)NS1(=O)=O.C[C@@H]1[C@@H](C)C/C=C/[C@](O)(CC(=O)N2CCOCC2)[C@@H]2CC[C@H]2CN2C[C@@]3(CCCc4cc(Cl)ccc43)COc3ccc(cc32)C(=O)NS1(=O)=O. The Labute approximate surface area is 598 Å². The van der Waals surface area contributed by atoms with Crippen LogP contribution >= 0.6 is 23.2 Å². The number of sulfonamides is 2. The lowest BCUT2D eigenvalue weighted by Crippen LogP contribution is -2.54. The summed E-state index contributed by atoms with van der Waals surface area (Å²) in [5.74, 6) is -1.32. The van der Waals surface area contributed by atoms with E-state index in [1.54, 1.807) is 72.2 Å². The van der Waals surface area contributed by atoms with Crippen molar-refractivity contribution < 1.29 is 65.2 Å². The molecule has 0 radical (unpaired) electrons. The van der Waals surface area contributed by atoms with Crippen LogP contribution in [0, 0.1) is 35.5 Å². The van der Waals surface area contributed by atoms with E-state index in [1.165, 1.54) is 22.3 Å². The van der Waals surface area contributed by atoms with Gasteiger partial charge in [-0.05, 0) is 209 Å². The fraction of sp³-hybridized carbons (Fsp3) is 0.579. The van der Waals surface area contributed by atoms with Crippen LogP contribution in [0.4, 0.5) is 11.4 Å². The van der Waals surface area contributed by atoms with Crippen LogP contribution in [0.25, 0.3) is 0 Å². The lowest BCUT2D eigenvalue weighted by molar-refractivity contribution is -0.144. The zero-order valence-corrected chi connectivity index (χ0v) is 61.0. The van der Waals surface area contributed by atoms with Crippen molar-refractivity contribution in [1.82, 2.24) is 19.2 Å². The Bertz CT molecular complexity index is 3820. The van der Waals surface area contributed by atoms with Gasteiger partial charge >= 0.3 is 0 Å². The van der Waals surface area contributed by atoms with Gasteiger partial charge in [-0.15, -0.1) is 0 Å². The summed E-state index contributed by atoms with van der Waals surface area (Å²) in [4.78, 5) is 62.4. The molecule has 4 amide bonds. The first-order chi connectivity index (χ1) is 47.7. The number of anilines is 2. The number of nitrogens with zero attached hydrogens (tertiary/aromatic N) is 4. The van der Waals surface area contributed by atoms with Crippen molar-refractivity contribution in [2.75, 3.05) is 102 Å². The summed E-state index contributed by atoms with van der Waals surface area (Å²) in [5.41, 5.74) is 3.22. The van der Waals surface area contributed by atoms with Crippen LogP contribution < -0.4 is 28.7 Å². The standard InChI is InChI=1S/2C38H48ClN3O7S/c2*1-25-5-3-14-38(45,21-35(43)41-15-17-48-18-16-41)32-10-7-29(32)22-42-23-37(13-4-6-27-19-30(39)9-11-31(27)37)24-49-34-12-8-28(20-33(34)42)36(44)40-50(46,47)26(25)2/h2*3,8-9,11-12,14,19-20,25-26,29,32,45H,4-7,10,13,15-18,21-24H2,1-2H3,(H,40,44)/b2*14-3+/t25-,26+,29-,32+,37-,38+;25-,26+,29-,32+,37-,38-/m00/s1. The third-order valence-electron chi connectivity index (χ3n) is 24.1. The van der Waals surface area contributed by atoms with Gasteiger partial charge in [-0.2, -0.15) is 0 Å². The average Bonchev–Trinajstić information content (AvgIpc) is 1.30. The summed E-state index contributed by atoms with van der Waals surface area (Å²) >= 11 is 12.9. The van der Waals surface area contributed by atoms with E-state index in [0.29, 0.717) is 126 Å². The Balaban J connectivity index is 0.000000179. The summed E-state index contributed by atoms with van der Waals surface area (Å²) in [7, 11) is -8.06. The van der Waals surface area contributed by atoms with Crippen molar-refractivity contribution in [3.63, 3.8) is 0 Å². The second-order valence-corrected chi connectivity index (χ2v) is 35.3. The number of allylic oxidation sites excluding steroid dienone is 2. The highest BCUT2D eigenvalue weighted by Gasteiger charge is 2.52. The number of carbonyl (C=O) groups is 4. The lowest BCUT2D eigenvalue weighted by Gasteiger charge is -2.49. The molecule has 24 heteroatoms. The van der Waals surface area contributed by atoms with Crippen molar-refractivity contribution in [1.29, 1.82) is 0 Å². The van der Waals surface area contributed by atoms with Gasteiger partial charge in [-0.25, -0.2) is 26.3 Å². The maximum Gasteiger partial charge on any atom is 0.264 e. The van der Waals surface area contributed by atoms with Crippen LogP contribution in [0.5, 0.6) is 11.5 Å². The molecule has 4 bridgehead atoms. The summed E-state index contributed by atoms with van der Waals surface area (Å²) in [5, 5.41) is 24.6. The average molecular weight is 1450 g/mol. The maximum absolute atomic E-state index is 13.6. The Kier molecular flexibility index (Phi) is 21.0. The van der Waals surface area contributed by atoms with E-state index in [-0.39, 0.29) is 82.1 Å². The van der Waals surface area contributed by atoms with E-state index in [2.05, 4.69) is 43.5 Å². The number of nitrogens with one attached hydrogen (secondary N) is 2. The largest absolute Gasteiger partial charge is 0.490 e. The van der Waals surface area contributed by atoms with Crippen molar-refractivity contribution in [3.8, 4) is 11.5 Å². The number of hydrogen-bond acceptors (Lipinski definition) is 16. The zero-order chi connectivity index (χ0) is 70.5. The second kappa shape index (κ2) is 29.1. The Morgan fingerprint density at radius 1 is 0.560 bits per heavy atom. The van der Waals surface area contributed by atoms with Crippen LogP contribution in [0.15, 0.2) is 97.1 Å². The molecule has 100 heavy (non-hydrogen) atoms. The molecule has 6 heterocycles. The monoisotopic (exact) mass is 1450 g/mol.